The number of sulfonamides is 1. The first-order valence-electron chi connectivity index (χ1n) is 12.5. The summed E-state index contributed by atoms with van der Waals surface area (Å²) in [5.74, 6) is -0.714. The third-order valence-electron chi connectivity index (χ3n) is 6.68. The second-order valence-corrected chi connectivity index (χ2v) is 12.0. The van der Waals surface area contributed by atoms with Crippen LogP contribution in [0.3, 0.4) is 0 Å². The molecule has 3 aromatic carbocycles. The highest BCUT2D eigenvalue weighted by molar-refractivity contribution is 7.92. The number of anilines is 2. The Hall–Kier alpha value is -4.09. The van der Waals surface area contributed by atoms with Gasteiger partial charge in [-0.15, -0.1) is 0 Å². The second kappa shape index (κ2) is 10.2. The van der Waals surface area contributed by atoms with Gasteiger partial charge in [-0.25, -0.2) is 17.8 Å². The maximum Gasteiger partial charge on any atom is 0.264 e. The molecule has 5 aromatic rings. The van der Waals surface area contributed by atoms with Crippen LogP contribution in [-0.2, 0) is 23.0 Å². The van der Waals surface area contributed by atoms with Crippen molar-refractivity contribution >= 4 is 48.3 Å². The van der Waals surface area contributed by atoms with Crippen molar-refractivity contribution in [3.05, 3.63) is 102 Å². The van der Waals surface area contributed by atoms with Gasteiger partial charge in [0.2, 0.25) is 0 Å². The smallest absolute Gasteiger partial charge is 0.264 e. The van der Waals surface area contributed by atoms with E-state index in [0.29, 0.717) is 39.7 Å². The number of para-hydroxylation sites is 1. The summed E-state index contributed by atoms with van der Waals surface area (Å²) in [5, 5.41) is 4.63. The van der Waals surface area contributed by atoms with Crippen LogP contribution in [0.4, 0.5) is 15.2 Å². The number of nitrogens with zero attached hydrogens (tertiary/aromatic N) is 5. The number of rotatable bonds is 7. The minimum atomic E-state index is -3.80. The fourth-order valence-corrected chi connectivity index (χ4v) is 7.28. The molecular weight excluding hydrogens is 537 g/mol. The van der Waals surface area contributed by atoms with Gasteiger partial charge in [-0.3, -0.25) is 18.7 Å². The van der Waals surface area contributed by atoms with E-state index in [4.69, 9.17) is 0 Å². The zero-order valence-electron chi connectivity index (χ0n) is 20.8. The van der Waals surface area contributed by atoms with Gasteiger partial charge in [0, 0.05) is 31.0 Å². The summed E-state index contributed by atoms with van der Waals surface area (Å²) in [6.07, 6.45) is 5.04. The molecule has 0 fully saturated rings. The first kappa shape index (κ1) is 25.2. The maximum atomic E-state index is 13.8. The van der Waals surface area contributed by atoms with Crippen LogP contribution >= 0.6 is 11.3 Å². The molecule has 39 heavy (non-hydrogen) atoms. The van der Waals surface area contributed by atoms with E-state index in [1.165, 1.54) is 56.9 Å². The summed E-state index contributed by atoms with van der Waals surface area (Å²) < 4.78 is 44.6. The van der Waals surface area contributed by atoms with Gasteiger partial charge in [0.05, 0.1) is 27.3 Å². The van der Waals surface area contributed by atoms with Gasteiger partial charge in [0.15, 0.2) is 5.13 Å². The number of halogens is 1. The summed E-state index contributed by atoms with van der Waals surface area (Å²) in [6.45, 7) is 1.09. The second-order valence-electron chi connectivity index (χ2n) is 9.17. The van der Waals surface area contributed by atoms with Crippen LogP contribution in [0.2, 0.25) is 0 Å². The van der Waals surface area contributed by atoms with E-state index in [0.717, 1.165) is 18.4 Å². The van der Waals surface area contributed by atoms with Crippen molar-refractivity contribution < 1.29 is 17.6 Å². The number of aryl methyl sites for hydroxylation is 1. The highest BCUT2D eigenvalue weighted by Gasteiger charge is 2.29. The molecule has 1 amide bonds. The number of hydrogen-bond donors (Lipinski definition) is 0. The quantitative estimate of drug-likeness (QED) is 0.275. The lowest BCUT2D eigenvalue weighted by atomic mass is 10.0. The van der Waals surface area contributed by atoms with Crippen LogP contribution < -0.4 is 9.21 Å². The predicted molar refractivity (Wildman–Crippen MR) is 149 cm³/mol. The maximum absolute atomic E-state index is 13.8. The summed E-state index contributed by atoms with van der Waals surface area (Å²) in [4.78, 5) is 19.9. The minimum Gasteiger partial charge on any atom is -0.282 e. The third-order valence-corrected chi connectivity index (χ3v) is 9.55. The molecule has 0 saturated carbocycles. The first-order valence-corrected chi connectivity index (χ1v) is 14.7. The average Bonchev–Trinajstić information content (AvgIpc) is 3.62. The molecule has 0 radical (unpaired) electrons. The minimum absolute atomic E-state index is 0.120. The summed E-state index contributed by atoms with van der Waals surface area (Å²) in [6, 6.07) is 19.6. The van der Waals surface area contributed by atoms with Crippen LogP contribution in [-0.4, -0.2) is 42.2 Å². The van der Waals surface area contributed by atoms with E-state index >= 15 is 0 Å². The van der Waals surface area contributed by atoms with Gasteiger partial charge in [0.25, 0.3) is 15.9 Å². The highest BCUT2D eigenvalue weighted by atomic mass is 32.2. The molecule has 0 bridgehead atoms. The standard InChI is InChI=1S/C28H24FN5O3S2/c29-22-10-13-24-26(19-22)38-28(31-24)33(18-17-32-15-4-14-30-32)27(35)21-8-11-23(12-9-21)39(36,37)34-16-3-6-20-5-1-2-7-25(20)34/h1-2,4-5,7-15,19H,3,6,16-18H2. The molecule has 0 aliphatic carbocycles. The Bertz CT molecular complexity index is 1750. The molecule has 0 spiro atoms. The Balaban J connectivity index is 1.30. The van der Waals surface area contributed by atoms with Crippen molar-refractivity contribution in [2.45, 2.75) is 24.3 Å². The van der Waals surface area contributed by atoms with Crippen LogP contribution in [0.25, 0.3) is 10.2 Å². The highest BCUT2D eigenvalue weighted by Crippen LogP contribution is 2.33. The van der Waals surface area contributed by atoms with Crippen molar-refractivity contribution in [1.82, 2.24) is 14.8 Å². The average molecular weight is 562 g/mol. The summed E-state index contributed by atoms with van der Waals surface area (Å²) in [5.41, 5.74) is 2.61. The van der Waals surface area contributed by atoms with Crippen molar-refractivity contribution in [3.8, 4) is 0 Å². The molecule has 3 heterocycles. The van der Waals surface area contributed by atoms with E-state index < -0.39 is 10.0 Å². The van der Waals surface area contributed by atoms with Crippen molar-refractivity contribution in [2.75, 3.05) is 22.3 Å². The monoisotopic (exact) mass is 561 g/mol. The van der Waals surface area contributed by atoms with E-state index in [1.807, 2.05) is 24.3 Å². The molecule has 2 aromatic heterocycles. The van der Waals surface area contributed by atoms with Gasteiger partial charge < -0.3 is 0 Å². The van der Waals surface area contributed by atoms with Gasteiger partial charge >= 0.3 is 0 Å². The number of carbonyl (C=O) groups excluding carboxylic acids is 1. The number of carbonyl (C=O) groups is 1. The number of thiazole rings is 1. The zero-order valence-corrected chi connectivity index (χ0v) is 22.4. The van der Waals surface area contributed by atoms with E-state index in [-0.39, 0.29) is 23.2 Å². The molecule has 1 aliphatic heterocycles. The molecule has 6 rings (SSSR count). The van der Waals surface area contributed by atoms with Gasteiger partial charge in [-0.2, -0.15) is 5.10 Å². The molecule has 0 unspecified atom stereocenters. The topological polar surface area (TPSA) is 88.4 Å². The lowest BCUT2D eigenvalue weighted by Gasteiger charge is -2.30. The van der Waals surface area contributed by atoms with Gasteiger partial charge in [0.1, 0.15) is 5.82 Å². The molecular formula is C28H24FN5O3S2. The fraction of sp³-hybridized carbons (Fsp3) is 0.179. The Labute approximate surface area is 229 Å². The Kier molecular flexibility index (Phi) is 6.61. The molecule has 0 atom stereocenters. The van der Waals surface area contributed by atoms with Crippen molar-refractivity contribution in [2.24, 2.45) is 0 Å². The number of amides is 1. The van der Waals surface area contributed by atoms with Crippen molar-refractivity contribution in [3.63, 3.8) is 0 Å². The molecule has 1 aliphatic rings. The summed E-state index contributed by atoms with van der Waals surface area (Å²) >= 11 is 1.22. The van der Waals surface area contributed by atoms with E-state index in [9.17, 15) is 17.6 Å². The number of benzene rings is 3. The Morgan fingerprint density at radius 2 is 1.87 bits per heavy atom. The van der Waals surface area contributed by atoms with E-state index in [1.54, 1.807) is 29.2 Å². The summed E-state index contributed by atoms with van der Waals surface area (Å²) in [7, 11) is -3.80. The number of aromatic nitrogens is 3. The Morgan fingerprint density at radius 1 is 1.05 bits per heavy atom. The van der Waals surface area contributed by atoms with Crippen LogP contribution in [0, 0.1) is 5.82 Å². The van der Waals surface area contributed by atoms with Gasteiger partial charge in [-0.05, 0) is 73.0 Å². The Morgan fingerprint density at radius 3 is 2.67 bits per heavy atom. The van der Waals surface area contributed by atoms with Gasteiger partial charge in [-0.1, -0.05) is 29.5 Å². The molecule has 0 N–H and O–H groups in total. The van der Waals surface area contributed by atoms with E-state index in [2.05, 4.69) is 10.1 Å². The first-order chi connectivity index (χ1) is 18.9. The number of fused-ring (bicyclic) bond motifs is 2. The van der Waals surface area contributed by atoms with Crippen molar-refractivity contribution in [1.29, 1.82) is 0 Å². The zero-order chi connectivity index (χ0) is 27.0. The lowest BCUT2D eigenvalue weighted by Crippen LogP contribution is -2.35. The third kappa shape index (κ3) is 4.90. The predicted octanol–water partition coefficient (Wildman–Crippen LogP) is 5.12. The lowest BCUT2D eigenvalue weighted by molar-refractivity contribution is 0.0985. The van der Waals surface area contributed by atoms with Crippen LogP contribution in [0.1, 0.15) is 22.3 Å². The molecule has 0 saturated heterocycles. The molecule has 11 heteroatoms. The molecule has 198 valence electrons. The normalized spacial score (nSPS) is 13.4. The van der Waals surface area contributed by atoms with Crippen LogP contribution in [0.15, 0.2) is 90.1 Å². The molecule has 8 nitrogen and oxygen atoms in total. The largest absolute Gasteiger partial charge is 0.282 e. The number of hydrogen-bond acceptors (Lipinski definition) is 6. The van der Waals surface area contributed by atoms with Crippen LogP contribution in [0.5, 0.6) is 0 Å². The SMILES string of the molecule is O=C(c1ccc(S(=O)(=O)N2CCCc3ccccc32)cc1)N(CCn1cccn1)c1nc2ccc(F)cc2s1. The fourth-order valence-electron chi connectivity index (χ4n) is 4.72.